The van der Waals surface area contributed by atoms with Crippen LogP contribution in [0.15, 0.2) is 28.3 Å². The second kappa shape index (κ2) is 3.79. The summed E-state index contributed by atoms with van der Waals surface area (Å²) in [6, 6.07) is 3.68. The predicted octanol–water partition coefficient (Wildman–Crippen LogP) is 1.43. The lowest BCUT2D eigenvalue weighted by atomic mass is 10.4. The maximum Gasteiger partial charge on any atom is 0.324 e. The molecule has 5 heteroatoms. The number of aromatic nitrogens is 1. The molecular weight excluding hydrogens is 200 g/mol. The number of rotatable bonds is 1. The van der Waals surface area contributed by atoms with E-state index in [2.05, 4.69) is 14.7 Å². The van der Waals surface area contributed by atoms with Crippen LogP contribution in [0, 0.1) is 0 Å². The number of hydrogen-bond acceptors (Lipinski definition) is 5. The lowest BCUT2D eigenvalue weighted by Crippen LogP contribution is -2.21. The van der Waals surface area contributed by atoms with Gasteiger partial charge in [-0.2, -0.15) is 0 Å². The standard InChI is InChI=1S/C9H8N2O2S/c1-13-9(12)7-5-11-6-3-2-4-10-8(6)14-7/h2-5,7H,1H3. The van der Waals surface area contributed by atoms with Gasteiger partial charge in [0.05, 0.1) is 12.8 Å². The minimum absolute atomic E-state index is 0.296. The molecule has 0 aliphatic carbocycles. The van der Waals surface area contributed by atoms with Gasteiger partial charge in [-0.15, -0.1) is 0 Å². The van der Waals surface area contributed by atoms with Crippen LogP contribution in [0.4, 0.5) is 5.69 Å². The summed E-state index contributed by atoms with van der Waals surface area (Å²) >= 11 is 1.35. The smallest absolute Gasteiger partial charge is 0.324 e. The van der Waals surface area contributed by atoms with Crippen molar-refractivity contribution in [3.63, 3.8) is 0 Å². The van der Waals surface area contributed by atoms with Crippen LogP contribution in [0.3, 0.4) is 0 Å². The molecule has 0 saturated carbocycles. The van der Waals surface area contributed by atoms with Crippen LogP contribution < -0.4 is 0 Å². The van der Waals surface area contributed by atoms with Gasteiger partial charge < -0.3 is 4.74 Å². The fourth-order valence-corrected chi connectivity index (χ4v) is 2.01. The molecule has 0 amide bonds. The van der Waals surface area contributed by atoms with Crippen LogP contribution in [0.5, 0.6) is 0 Å². The summed E-state index contributed by atoms with van der Waals surface area (Å²) in [6.45, 7) is 0. The van der Waals surface area contributed by atoms with E-state index in [-0.39, 0.29) is 11.2 Å². The zero-order valence-corrected chi connectivity index (χ0v) is 8.32. The number of thioether (sulfide) groups is 1. The van der Waals surface area contributed by atoms with Crippen LogP contribution in [0.25, 0.3) is 0 Å². The molecule has 1 aliphatic rings. The highest BCUT2D eigenvalue weighted by Gasteiger charge is 2.23. The van der Waals surface area contributed by atoms with Crippen molar-refractivity contribution in [2.24, 2.45) is 4.99 Å². The van der Waals surface area contributed by atoms with Crippen molar-refractivity contribution in [2.75, 3.05) is 7.11 Å². The molecule has 2 rings (SSSR count). The molecule has 1 atom stereocenters. The molecule has 1 aliphatic heterocycles. The van der Waals surface area contributed by atoms with Gasteiger partial charge in [-0.3, -0.25) is 9.79 Å². The highest BCUT2D eigenvalue weighted by molar-refractivity contribution is 8.01. The number of hydrogen-bond donors (Lipinski definition) is 0. The number of ether oxygens (including phenoxy) is 1. The van der Waals surface area contributed by atoms with E-state index in [0.717, 1.165) is 10.7 Å². The van der Waals surface area contributed by atoms with Crippen LogP contribution in [0.2, 0.25) is 0 Å². The first-order valence-electron chi connectivity index (χ1n) is 4.05. The number of aliphatic imine (C=N–C) groups is 1. The third-order valence-electron chi connectivity index (χ3n) is 1.77. The van der Waals surface area contributed by atoms with Crippen molar-refractivity contribution in [1.29, 1.82) is 0 Å². The Labute approximate surface area is 85.4 Å². The second-order valence-corrected chi connectivity index (χ2v) is 3.80. The number of methoxy groups -OCH3 is 1. The summed E-state index contributed by atoms with van der Waals surface area (Å²) in [4.78, 5) is 19.5. The maximum absolute atomic E-state index is 11.2. The molecule has 0 aromatic carbocycles. The van der Waals surface area contributed by atoms with E-state index in [1.165, 1.54) is 18.9 Å². The molecular formula is C9H8N2O2S. The molecule has 72 valence electrons. The van der Waals surface area contributed by atoms with Crippen LogP contribution in [0.1, 0.15) is 0 Å². The van der Waals surface area contributed by atoms with Crippen molar-refractivity contribution in [3.8, 4) is 0 Å². The molecule has 0 radical (unpaired) electrons. The van der Waals surface area contributed by atoms with Gasteiger partial charge in [0.1, 0.15) is 10.3 Å². The first-order chi connectivity index (χ1) is 6.81. The molecule has 1 aromatic rings. The molecule has 14 heavy (non-hydrogen) atoms. The average molecular weight is 208 g/mol. The van der Waals surface area contributed by atoms with Gasteiger partial charge in [-0.25, -0.2) is 4.98 Å². The molecule has 0 saturated heterocycles. The molecule has 0 N–H and O–H groups in total. The van der Waals surface area contributed by atoms with Crippen molar-refractivity contribution >= 4 is 29.6 Å². The monoisotopic (exact) mass is 208 g/mol. The van der Waals surface area contributed by atoms with Gasteiger partial charge >= 0.3 is 5.97 Å². The Bertz CT molecular complexity index is 392. The van der Waals surface area contributed by atoms with E-state index in [9.17, 15) is 4.79 Å². The Morgan fingerprint density at radius 2 is 2.50 bits per heavy atom. The Morgan fingerprint density at radius 1 is 1.64 bits per heavy atom. The Morgan fingerprint density at radius 3 is 3.29 bits per heavy atom. The van der Waals surface area contributed by atoms with E-state index in [4.69, 9.17) is 0 Å². The van der Waals surface area contributed by atoms with E-state index in [0.29, 0.717) is 0 Å². The molecule has 1 aromatic heterocycles. The number of carbonyl (C=O) groups excluding carboxylic acids is 1. The Balaban J connectivity index is 2.25. The fraction of sp³-hybridized carbons (Fsp3) is 0.222. The van der Waals surface area contributed by atoms with Crippen molar-refractivity contribution in [1.82, 2.24) is 4.98 Å². The number of fused-ring (bicyclic) bond motifs is 1. The van der Waals surface area contributed by atoms with Crippen LogP contribution in [-0.4, -0.2) is 29.5 Å². The highest BCUT2D eigenvalue weighted by Crippen LogP contribution is 2.33. The summed E-state index contributed by atoms with van der Waals surface area (Å²) in [7, 11) is 1.37. The minimum Gasteiger partial charge on any atom is -0.468 e. The van der Waals surface area contributed by atoms with E-state index >= 15 is 0 Å². The SMILES string of the molecule is COC(=O)C1C=Nc2cccnc2S1. The quantitative estimate of drug-likeness (QED) is 0.655. The lowest BCUT2D eigenvalue weighted by Gasteiger charge is -2.14. The van der Waals surface area contributed by atoms with E-state index in [1.54, 1.807) is 12.4 Å². The first-order valence-corrected chi connectivity index (χ1v) is 4.93. The van der Waals surface area contributed by atoms with Crippen LogP contribution >= 0.6 is 11.8 Å². The van der Waals surface area contributed by atoms with E-state index in [1.807, 2.05) is 12.1 Å². The van der Waals surface area contributed by atoms with Crippen molar-refractivity contribution in [2.45, 2.75) is 10.3 Å². The summed E-state index contributed by atoms with van der Waals surface area (Å²) in [5.41, 5.74) is 0.803. The highest BCUT2D eigenvalue weighted by atomic mass is 32.2. The number of nitrogens with zero attached hydrogens (tertiary/aromatic N) is 2. The van der Waals surface area contributed by atoms with Gasteiger partial charge in [0.25, 0.3) is 0 Å². The third-order valence-corrected chi connectivity index (χ3v) is 2.88. The molecule has 1 unspecified atom stereocenters. The zero-order valence-electron chi connectivity index (χ0n) is 7.51. The number of carbonyl (C=O) groups is 1. The van der Waals surface area contributed by atoms with Gasteiger partial charge in [-0.05, 0) is 12.1 Å². The lowest BCUT2D eigenvalue weighted by molar-refractivity contribution is -0.138. The Hall–Kier alpha value is -1.36. The second-order valence-electron chi connectivity index (χ2n) is 2.67. The van der Waals surface area contributed by atoms with Gasteiger partial charge in [0.2, 0.25) is 0 Å². The van der Waals surface area contributed by atoms with Crippen LogP contribution in [-0.2, 0) is 9.53 Å². The molecule has 4 nitrogen and oxygen atoms in total. The summed E-state index contributed by atoms with van der Waals surface area (Å²) in [5.74, 6) is -0.296. The summed E-state index contributed by atoms with van der Waals surface area (Å²) in [6.07, 6.45) is 3.27. The molecule has 0 fully saturated rings. The number of pyridine rings is 1. The van der Waals surface area contributed by atoms with E-state index < -0.39 is 0 Å². The van der Waals surface area contributed by atoms with Gasteiger partial charge in [0, 0.05) is 12.4 Å². The minimum atomic E-state index is -0.373. The van der Waals surface area contributed by atoms with Gasteiger partial charge in [-0.1, -0.05) is 11.8 Å². The normalized spacial score (nSPS) is 18.8. The third kappa shape index (κ3) is 1.63. The summed E-state index contributed by atoms with van der Waals surface area (Å²) < 4.78 is 4.63. The maximum atomic E-state index is 11.2. The largest absolute Gasteiger partial charge is 0.468 e. The van der Waals surface area contributed by atoms with Gasteiger partial charge in [0.15, 0.2) is 0 Å². The predicted molar refractivity (Wildman–Crippen MR) is 54.1 cm³/mol. The Kier molecular flexibility index (Phi) is 2.49. The molecule has 2 heterocycles. The first kappa shape index (κ1) is 9.21. The summed E-state index contributed by atoms with van der Waals surface area (Å²) in [5, 5.41) is 0.396. The fourth-order valence-electron chi connectivity index (χ4n) is 1.10. The van der Waals surface area contributed by atoms with Crippen molar-refractivity contribution in [3.05, 3.63) is 18.3 Å². The molecule has 0 bridgehead atoms. The average Bonchev–Trinajstić information content (AvgIpc) is 2.27. The topological polar surface area (TPSA) is 51.5 Å². The molecule has 0 spiro atoms. The van der Waals surface area contributed by atoms with Crippen molar-refractivity contribution < 1.29 is 9.53 Å². The number of esters is 1. The zero-order chi connectivity index (χ0) is 9.97.